The largest absolute Gasteiger partial charge is 0.507 e. The number of rotatable bonds is 8. The van der Waals surface area contributed by atoms with Crippen molar-refractivity contribution in [1.82, 2.24) is 9.91 Å². The molecule has 2 aromatic carbocycles. The average molecular weight is 948 g/mol. The minimum Gasteiger partial charge on any atom is -0.507 e. The molecular weight excluding hydrogens is 875 g/mol. The number of esters is 1. The van der Waals surface area contributed by atoms with Gasteiger partial charge in [0.2, 0.25) is 0 Å². The molecule has 5 aliphatic heterocycles. The number of carbonyl (C=O) groups excluding carboxylic acids is 3. The van der Waals surface area contributed by atoms with E-state index in [-0.39, 0.29) is 99.2 Å². The molecule has 7 atom stereocenters. The number of hydrogen-bond donors (Lipinski definition) is 8. The molecule has 10 N–H and O–H groups in total. The SMILES string of the molecule is C/C1=C/C=C/C(C)C[C@@H](C)C(O)[C@@H](C)[C@H](OC(=O)CN(N)/C=C(\N)CCO)[C@H](C)C/C=C/O[C@@]2(C)Oc3c(C)c(O)c4c(O)c(c5c(c4c3C2=O)=NC2(CCN(CC(C)C)CC2)N=5)NC1=O.CO. The Morgan fingerprint density at radius 3 is 2.37 bits per heavy atom. The molecule has 0 aliphatic carbocycles. The summed E-state index contributed by atoms with van der Waals surface area (Å²) in [7, 11) is 1.00. The first kappa shape index (κ1) is 53.4. The molecule has 68 heavy (non-hydrogen) atoms. The Hall–Kier alpha value is -5.53. The fourth-order valence-electron chi connectivity index (χ4n) is 9.59. The van der Waals surface area contributed by atoms with Crippen LogP contribution in [0.15, 0.2) is 58.0 Å². The van der Waals surface area contributed by atoms with Crippen molar-refractivity contribution in [3.8, 4) is 17.2 Å². The van der Waals surface area contributed by atoms with Crippen LogP contribution in [0.2, 0.25) is 0 Å². The number of ether oxygens (including phenoxy) is 3. The summed E-state index contributed by atoms with van der Waals surface area (Å²) in [6.45, 7) is 18.4. The average Bonchev–Trinajstić information content (AvgIpc) is 3.78. The van der Waals surface area contributed by atoms with Crippen LogP contribution in [0, 0.1) is 36.5 Å². The predicted octanol–water partition coefficient (Wildman–Crippen LogP) is 4.10. The summed E-state index contributed by atoms with van der Waals surface area (Å²) in [6, 6.07) is 0. The van der Waals surface area contributed by atoms with Crippen LogP contribution in [0.5, 0.6) is 17.2 Å². The summed E-state index contributed by atoms with van der Waals surface area (Å²) < 4.78 is 18.5. The van der Waals surface area contributed by atoms with E-state index in [9.17, 15) is 34.8 Å². The summed E-state index contributed by atoms with van der Waals surface area (Å²) in [6.07, 6.45) is 10.2. The number of Topliss-reactive ketones (excluding diaryl/α,β-unsaturated/α-hetero) is 1. The van der Waals surface area contributed by atoms with Gasteiger partial charge in [-0.3, -0.25) is 24.4 Å². The fraction of sp³-hybridized carbons (Fsp3) is 0.580. The van der Waals surface area contributed by atoms with Gasteiger partial charge >= 0.3 is 11.8 Å². The molecule has 0 saturated carbocycles. The number of hydrazine groups is 1. The van der Waals surface area contributed by atoms with E-state index in [2.05, 4.69) is 24.1 Å². The zero-order chi connectivity index (χ0) is 50.4. The number of likely N-dealkylation sites (tertiary alicyclic amines) is 1. The minimum absolute atomic E-state index is 0.0229. The van der Waals surface area contributed by atoms with Gasteiger partial charge in [-0.2, -0.15) is 0 Å². The molecule has 0 radical (unpaired) electrons. The van der Waals surface area contributed by atoms with Gasteiger partial charge in [0.15, 0.2) is 11.4 Å². The lowest BCUT2D eigenvalue weighted by atomic mass is 9.80. The first-order valence-electron chi connectivity index (χ1n) is 23.5. The van der Waals surface area contributed by atoms with E-state index < -0.39 is 53.0 Å². The third kappa shape index (κ3) is 11.5. The third-order valence-electron chi connectivity index (χ3n) is 13.2. The van der Waals surface area contributed by atoms with Crippen molar-refractivity contribution >= 4 is 34.1 Å². The lowest BCUT2D eigenvalue weighted by Gasteiger charge is -2.36. The van der Waals surface area contributed by atoms with E-state index in [1.54, 1.807) is 32.1 Å². The smallest absolute Gasteiger partial charge is 0.327 e. The first-order chi connectivity index (χ1) is 32.1. The lowest BCUT2D eigenvalue weighted by molar-refractivity contribution is -0.159. The molecular formula is C50H73N7O11. The standard InChI is InChI=1S/C49H69N7O10.CH4O/c1-26(2)23-55-18-16-49(17-19-55)53-38-35-36-42(60)32(8)45-37(35)46(62)48(9,66-45)64-21-11-14-28(4)44(65-34(58)25-56(51)24-33(50)15-20-57)31(7)41(59)30(6)22-27(3)12-10-13-29(5)47(63)52-40(43(36)61)39(38)54-49;1-2/h10-13,21,24,26-28,30-31,41,44,57,59-61H,14-20,22-23,25,50-51H2,1-9H3,(H,52,63);2H,1H3/b12-10+,21-11+,29-13-,33-24-;/t27?,28-,30-,31-,41?,44-,48+;/m1./s1. The van der Waals surface area contributed by atoms with Gasteiger partial charge in [0.25, 0.3) is 11.7 Å². The number of aliphatic hydroxyl groups is 3. The number of phenolic OH excluding ortho intramolecular Hbond substituents is 2. The van der Waals surface area contributed by atoms with Crippen molar-refractivity contribution in [2.24, 2.45) is 51.2 Å². The van der Waals surface area contributed by atoms with E-state index in [0.29, 0.717) is 43.8 Å². The topological polar surface area (TPSA) is 275 Å². The van der Waals surface area contributed by atoms with Crippen molar-refractivity contribution < 1.29 is 54.1 Å². The molecule has 5 aliphatic rings. The van der Waals surface area contributed by atoms with Gasteiger partial charge in [-0.25, -0.2) is 5.84 Å². The van der Waals surface area contributed by atoms with Crippen molar-refractivity contribution in [3.63, 3.8) is 0 Å². The number of nitrogens with one attached hydrogen (secondary N) is 1. The lowest BCUT2D eigenvalue weighted by Crippen LogP contribution is -2.43. The first-order valence-corrected chi connectivity index (χ1v) is 23.5. The van der Waals surface area contributed by atoms with Crippen molar-refractivity contribution in [1.29, 1.82) is 0 Å². The molecule has 1 saturated heterocycles. The number of ketones is 1. The van der Waals surface area contributed by atoms with E-state index in [1.165, 1.54) is 19.4 Å². The molecule has 2 unspecified atom stereocenters. The Bertz CT molecular complexity index is 2460. The Balaban J connectivity index is 0.00000426. The van der Waals surface area contributed by atoms with Gasteiger partial charge < -0.3 is 60.7 Å². The van der Waals surface area contributed by atoms with Gasteiger partial charge in [0.05, 0.1) is 28.7 Å². The van der Waals surface area contributed by atoms with Crippen LogP contribution in [0.25, 0.3) is 10.8 Å². The highest BCUT2D eigenvalue weighted by atomic mass is 16.7. The number of phenols is 2. The highest BCUT2D eigenvalue weighted by molar-refractivity contribution is 6.19. The van der Waals surface area contributed by atoms with Crippen LogP contribution in [-0.2, 0) is 19.1 Å². The number of anilines is 1. The number of piperidine rings is 1. The summed E-state index contributed by atoms with van der Waals surface area (Å²) >= 11 is 0. The normalized spacial score (nSPS) is 28.3. The number of aromatic hydroxyl groups is 2. The number of nitrogens with zero attached hydrogens (tertiary/aromatic N) is 4. The molecule has 5 heterocycles. The zero-order valence-electron chi connectivity index (χ0n) is 41.2. The number of aliphatic hydroxyl groups excluding tert-OH is 3. The maximum atomic E-state index is 14.7. The quantitative estimate of drug-likeness (QED) is 0.0801. The van der Waals surface area contributed by atoms with Crippen molar-refractivity contribution in [3.05, 3.63) is 69.9 Å². The van der Waals surface area contributed by atoms with Gasteiger partial charge in [-0.1, -0.05) is 59.8 Å². The van der Waals surface area contributed by atoms with Crippen LogP contribution >= 0.6 is 0 Å². The molecule has 18 heteroatoms. The molecule has 1 fully saturated rings. The minimum atomic E-state index is -1.92. The van der Waals surface area contributed by atoms with Crippen LogP contribution in [0.3, 0.4) is 0 Å². The highest BCUT2D eigenvalue weighted by Gasteiger charge is 2.50. The number of hydrogen-bond acceptors (Lipinski definition) is 17. The Morgan fingerprint density at radius 2 is 1.72 bits per heavy atom. The van der Waals surface area contributed by atoms with Gasteiger partial charge in [-0.15, -0.1) is 0 Å². The van der Waals surface area contributed by atoms with E-state index >= 15 is 0 Å². The Kier molecular flexibility index (Phi) is 17.5. The number of amides is 1. The monoisotopic (exact) mass is 948 g/mol. The van der Waals surface area contributed by atoms with Gasteiger partial charge in [0, 0.05) is 93.9 Å². The van der Waals surface area contributed by atoms with E-state index in [0.717, 1.165) is 18.7 Å². The van der Waals surface area contributed by atoms with Gasteiger partial charge in [0.1, 0.15) is 35.2 Å². The molecule has 5 bridgehead atoms. The second-order valence-corrected chi connectivity index (χ2v) is 19.4. The van der Waals surface area contributed by atoms with Crippen LogP contribution in [0.1, 0.15) is 103 Å². The van der Waals surface area contributed by atoms with E-state index in [4.69, 9.17) is 40.9 Å². The van der Waals surface area contributed by atoms with Crippen LogP contribution < -0.4 is 32.3 Å². The predicted molar refractivity (Wildman–Crippen MR) is 257 cm³/mol. The number of fused-ring (bicyclic) bond motifs is 13. The molecule has 2 aromatic rings. The Morgan fingerprint density at radius 1 is 1.06 bits per heavy atom. The molecule has 1 amide bonds. The summed E-state index contributed by atoms with van der Waals surface area (Å²) in [5, 5.41) is 56.4. The third-order valence-corrected chi connectivity index (χ3v) is 13.2. The zero-order valence-corrected chi connectivity index (χ0v) is 41.2. The second-order valence-electron chi connectivity index (χ2n) is 19.4. The maximum Gasteiger partial charge on any atom is 0.327 e. The summed E-state index contributed by atoms with van der Waals surface area (Å²) in [5.41, 5.74) is 5.74. The number of benzene rings is 2. The number of carbonyl (C=O) groups is 3. The van der Waals surface area contributed by atoms with Gasteiger partial charge in [-0.05, 0) is 56.4 Å². The highest BCUT2D eigenvalue weighted by Crippen LogP contribution is 2.50. The van der Waals surface area contributed by atoms with Crippen LogP contribution in [-0.4, -0.2) is 117 Å². The summed E-state index contributed by atoms with van der Waals surface area (Å²) in [4.78, 5) is 54.7. The summed E-state index contributed by atoms with van der Waals surface area (Å²) in [5.74, 6) is 0.851. The maximum absolute atomic E-state index is 14.7. The van der Waals surface area contributed by atoms with Crippen LogP contribution in [0.4, 0.5) is 5.69 Å². The molecule has 1 spiro atoms. The Labute approximate surface area is 398 Å². The van der Waals surface area contributed by atoms with E-state index in [1.807, 2.05) is 33.8 Å². The molecule has 7 rings (SSSR count). The van der Waals surface area contributed by atoms with Crippen molar-refractivity contribution in [2.75, 3.05) is 45.2 Å². The number of allylic oxidation sites excluding steroid dienone is 4. The second kappa shape index (κ2) is 22.3. The van der Waals surface area contributed by atoms with Crippen molar-refractivity contribution in [2.45, 2.75) is 118 Å². The number of nitrogens with two attached hydrogens (primary N) is 2. The fourth-order valence-corrected chi connectivity index (χ4v) is 9.59. The molecule has 0 aromatic heterocycles. The molecule has 18 nitrogen and oxygen atoms in total. The molecule has 374 valence electrons.